The van der Waals surface area contributed by atoms with E-state index in [1.165, 1.54) is 5.56 Å². The molecule has 0 unspecified atom stereocenters. The first-order chi connectivity index (χ1) is 11.8. The average molecular weight is 346 g/mol. The van der Waals surface area contributed by atoms with Crippen molar-refractivity contribution in [1.29, 1.82) is 0 Å². The summed E-state index contributed by atoms with van der Waals surface area (Å²) in [6, 6.07) is 0.601. The number of hydrogen-bond acceptors (Lipinski definition) is 4. The zero-order valence-corrected chi connectivity index (χ0v) is 16.0. The molecule has 3 fully saturated rings. The molecule has 1 amide bonds. The van der Waals surface area contributed by atoms with Gasteiger partial charge in [0.15, 0.2) is 0 Å². The minimum atomic E-state index is 0.118. The number of carbonyl (C=O) groups is 1. The Morgan fingerprint density at radius 1 is 1.40 bits per heavy atom. The maximum Gasteiger partial charge on any atom is 0.223 e. The standard InChI is InChI=1S/C19H30N4O2/c1-11-14(10-21-23(11)5)16-12(8-15(24)22(16)4)9-20-17-13-6-7-25-18(13)19(17,2)3/h10,12-13,16-18,20H,6-9H2,1-5H3/t12-,13+,16+,17+,18-/m0/s1. The molecule has 1 N–H and O–H groups in total. The van der Waals surface area contributed by atoms with Crippen molar-refractivity contribution in [2.75, 3.05) is 20.2 Å². The maximum absolute atomic E-state index is 12.4. The number of nitrogens with zero attached hydrogens (tertiary/aromatic N) is 3. The Labute approximate surface area is 149 Å². The molecule has 25 heavy (non-hydrogen) atoms. The maximum atomic E-state index is 12.4. The van der Waals surface area contributed by atoms with Gasteiger partial charge in [0.05, 0.1) is 18.3 Å². The molecule has 0 radical (unpaired) electrons. The van der Waals surface area contributed by atoms with Gasteiger partial charge in [-0.25, -0.2) is 0 Å². The SMILES string of the molecule is Cc1c([C@H]2[C@H](CN[C@@H]3[C@H]4CCO[C@@H]4C3(C)C)CC(=O)N2C)cnn1C. The van der Waals surface area contributed by atoms with E-state index < -0.39 is 0 Å². The van der Waals surface area contributed by atoms with Crippen LogP contribution in [-0.4, -0.2) is 52.9 Å². The van der Waals surface area contributed by atoms with E-state index in [0.717, 1.165) is 25.3 Å². The topological polar surface area (TPSA) is 59.4 Å². The van der Waals surface area contributed by atoms with Gasteiger partial charge in [0.2, 0.25) is 5.91 Å². The number of ether oxygens (including phenoxy) is 1. The van der Waals surface area contributed by atoms with Crippen molar-refractivity contribution in [2.24, 2.45) is 24.3 Å². The van der Waals surface area contributed by atoms with E-state index in [-0.39, 0.29) is 23.3 Å². The van der Waals surface area contributed by atoms with Crippen LogP contribution >= 0.6 is 0 Å². The van der Waals surface area contributed by atoms with Gasteiger partial charge in [0.25, 0.3) is 0 Å². The quantitative estimate of drug-likeness (QED) is 0.901. The van der Waals surface area contributed by atoms with Gasteiger partial charge in [0, 0.05) is 68.2 Å². The van der Waals surface area contributed by atoms with Crippen LogP contribution < -0.4 is 5.32 Å². The summed E-state index contributed by atoms with van der Waals surface area (Å²) in [5.74, 6) is 1.15. The van der Waals surface area contributed by atoms with E-state index >= 15 is 0 Å². The molecule has 4 rings (SSSR count). The minimum Gasteiger partial charge on any atom is -0.377 e. The summed E-state index contributed by atoms with van der Waals surface area (Å²) in [6.07, 6.45) is 4.09. The first kappa shape index (κ1) is 17.0. The highest BCUT2D eigenvalue weighted by Crippen LogP contribution is 2.52. The number of likely N-dealkylation sites (tertiary alicyclic amines) is 1. The fraction of sp³-hybridized carbons (Fsp3) is 0.789. The van der Waals surface area contributed by atoms with Crippen LogP contribution in [0.5, 0.6) is 0 Å². The van der Waals surface area contributed by atoms with Crippen molar-refractivity contribution in [1.82, 2.24) is 20.0 Å². The van der Waals surface area contributed by atoms with Crippen LogP contribution in [0.15, 0.2) is 6.20 Å². The van der Waals surface area contributed by atoms with Gasteiger partial charge in [-0.1, -0.05) is 13.8 Å². The van der Waals surface area contributed by atoms with E-state index in [9.17, 15) is 4.79 Å². The lowest BCUT2D eigenvalue weighted by molar-refractivity contribution is -0.127. The molecule has 6 nitrogen and oxygen atoms in total. The van der Waals surface area contributed by atoms with Crippen LogP contribution in [0.25, 0.3) is 0 Å². The molecule has 1 saturated carbocycles. The van der Waals surface area contributed by atoms with Crippen molar-refractivity contribution < 1.29 is 9.53 Å². The molecule has 3 heterocycles. The highest BCUT2D eigenvalue weighted by atomic mass is 16.5. The van der Waals surface area contributed by atoms with Gasteiger partial charge in [0.1, 0.15) is 0 Å². The summed E-state index contributed by atoms with van der Waals surface area (Å²) in [6.45, 7) is 8.43. The zero-order chi connectivity index (χ0) is 17.9. The lowest BCUT2D eigenvalue weighted by Crippen LogP contribution is -2.66. The van der Waals surface area contributed by atoms with E-state index in [1.54, 1.807) is 0 Å². The van der Waals surface area contributed by atoms with Crippen LogP contribution in [0.2, 0.25) is 0 Å². The molecular formula is C19H30N4O2. The molecule has 2 saturated heterocycles. The monoisotopic (exact) mass is 346 g/mol. The predicted octanol–water partition coefficient (Wildman–Crippen LogP) is 1.65. The predicted molar refractivity (Wildman–Crippen MR) is 95.0 cm³/mol. The van der Waals surface area contributed by atoms with Crippen LogP contribution in [0.4, 0.5) is 0 Å². The van der Waals surface area contributed by atoms with Gasteiger partial charge < -0.3 is 15.0 Å². The molecule has 1 aromatic rings. The van der Waals surface area contributed by atoms with Gasteiger partial charge in [-0.05, 0) is 13.3 Å². The fourth-order valence-corrected chi connectivity index (χ4v) is 5.42. The number of amides is 1. The lowest BCUT2D eigenvalue weighted by atomic mass is 9.57. The first-order valence-electron chi connectivity index (χ1n) is 9.41. The summed E-state index contributed by atoms with van der Waals surface area (Å²) >= 11 is 0. The highest BCUT2D eigenvalue weighted by Gasteiger charge is 2.59. The van der Waals surface area contributed by atoms with Gasteiger partial charge in [-0.3, -0.25) is 9.48 Å². The van der Waals surface area contributed by atoms with Gasteiger partial charge in [-0.15, -0.1) is 0 Å². The van der Waals surface area contributed by atoms with E-state index in [4.69, 9.17) is 4.74 Å². The smallest absolute Gasteiger partial charge is 0.223 e. The first-order valence-corrected chi connectivity index (χ1v) is 9.41. The van der Waals surface area contributed by atoms with Gasteiger partial charge in [-0.2, -0.15) is 5.10 Å². The van der Waals surface area contributed by atoms with Crippen molar-refractivity contribution in [3.8, 4) is 0 Å². The van der Waals surface area contributed by atoms with Crippen molar-refractivity contribution >= 4 is 5.91 Å². The van der Waals surface area contributed by atoms with E-state index in [2.05, 4.69) is 31.2 Å². The minimum absolute atomic E-state index is 0.118. The summed E-state index contributed by atoms with van der Waals surface area (Å²) in [5, 5.41) is 8.19. The van der Waals surface area contributed by atoms with Crippen LogP contribution in [0.1, 0.15) is 44.0 Å². The zero-order valence-electron chi connectivity index (χ0n) is 16.0. The third-order valence-electron chi connectivity index (χ3n) is 6.99. The molecule has 1 aromatic heterocycles. The molecule has 2 aliphatic heterocycles. The second kappa shape index (κ2) is 5.81. The van der Waals surface area contributed by atoms with Crippen LogP contribution in [-0.2, 0) is 16.6 Å². The Balaban J connectivity index is 1.49. The van der Waals surface area contributed by atoms with Crippen LogP contribution in [0.3, 0.4) is 0 Å². The van der Waals surface area contributed by atoms with Crippen molar-refractivity contribution in [3.05, 3.63) is 17.5 Å². The molecule has 0 spiro atoms. The Hall–Kier alpha value is -1.40. The van der Waals surface area contributed by atoms with E-state index in [0.29, 0.717) is 24.5 Å². The Morgan fingerprint density at radius 2 is 2.16 bits per heavy atom. The summed E-state index contributed by atoms with van der Waals surface area (Å²) in [5.41, 5.74) is 2.50. The molecule has 5 atom stereocenters. The molecular weight excluding hydrogens is 316 g/mol. The number of hydrogen-bond donors (Lipinski definition) is 1. The molecule has 6 heteroatoms. The Bertz CT molecular complexity index is 683. The Morgan fingerprint density at radius 3 is 2.84 bits per heavy atom. The molecule has 138 valence electrons. The summed E-state index contributed by atoms with van der Waals surface area (Å²) in [4.78, 5) is 14.3. The molecule has 3 aliphatic rings. The third-order valence-corrected chi connectivity index (χ3v) is 6.99. The number of carbonyl (C=O) groups excluding carboxylic acids is 1. The fourth-order valence-electron chi connectivity index (χ4n) is 5.42. The molecule has 0 aromatic carbocycles. The molecule has 1 aliphatic carbocycles. The third kappa shape index (κ3) is 2.45. The van der Waals surface area contributed by atoms with Crippen molar-refractivity contribution in [2.45, 2.75) is 51.8 Å². The lowest BCUT2D eigenvalue weighted by Gasteiger charge is -2.55. The number of aromatic nitrogens is 2. The van der Waals surface area contributed by atoms with Crippen molar-refractivity contribution in [3.63, 3.8) is 0 Å². The second-order valence-corrected chi connectivity index (χ2v) is 8.67. The average Bonchev–Trinajstić information content (AvgIpc) is 3.21. The Kier molecular flexibility index (Phi) is 3.96. The number of nitrogens with one attached hydrogen (secondary N) is 1. The summed E-state index contributed by atoms with van der Waals surface area (Å²) in [7, 11) is 3.88. The molecule has 0 bridgehead atoms. The highest BCUT2D eigenvalue weighted by molar-refractivity contribution is 5.79. The second-order valence-electron chi connectivity index (χ2n) is 8.67. The normalized spacial score (nSPS) is 36.6. The van der Waals surface area contributed by atoms with E-state index in [1.807, 2.05) is 29.9 Å². The number of fused-ring (bicyclic) bond motifs is 1. The largest absolute Gasteiger partial charge is 0.377 e. The number of rotatable bonds is 4. The number of aryl methyl sites for hydroxylation is 1. The van der Waals surface area contributed by atoms with Gasteiger partial charge >= 0.3 is 0 Å². The van der Waals surface area contributed by atoms with Crippen LogP contribution in [0, 0.1) is 24.2 Å². The summed E-state index contributed by atoms with van der Waals surface area (Å²) < 4.78 is 7.79.